The van der Waals surface area contributed by atoms with E-state index in [0.717, 1.165) is 40.8 Å². The molecule has 0 heterocycles. The number of nitrogens with one attached hydrogen (secondary N) is 2. The van der Waals surface area contributed by atoms with E-state index in [1.54, 1.807) is 0 Å². The standard InChI is InChI=1S/C32H36N2O5/c1-33-18-10-9-13-23(31(36)37)20-30(35)29(19-22-11-3-2-4-12-22)34-32(38)39-21-28-26-16-7-5-14-24(26)25-15-6-8-17-27(25)28/h2-8,11-12,14-17,23,28-29,33H,9-10,13,18-21H2,1H3,(H,34,38)(H,36,37)/t23-,29+/m1/s1. The van der Waals surface area contributed by atoms with Gasteiger partial charge in [0.05, 0.1) is 12.0 Å². The minimum Gasteiger partial charge on any atom is -0.481 e. The molecule has 4 rings (SSSR count). The van der Waals surface area contributed by atoms with Crippen molar-refractivity contribution in [2.75, 3.05) is 20.2 Å². The Kier molecular flexibility index (Phi) is 9.86. The van der Waals surface area contributed by atoms with Gasteiger partial charge in [0.1, 0.15) is 6.61 Å². The Bertz CT molecular complexity index is 1230. The molecular formula is C32H36N2O5. The zero-order valence-corrected chi connectivity index (χ0v) is 22.3. The fourth-order valence-corrected chi connectivity index (χ4v) is 5.27. The smallest absolute Gasteiger partial charge is 0.407 e. The van der Waals surface area contributed by atoms with Gasteiger partial charge >= 0.3 is 12.1 Å². The predicted molar refractivity (Wildman–Crippen MR) is 151 cm³/mol. The molecule has 0 fully saturated rings. The third kappa shape index (κ3) is 7.33. The van der Waals surface area contributed by atoms with Gasteiger partial charge in [-0.2, -0.15) is 0 Å². The van der Waals surface area contributed by atoms with Crippen molar-refractivity contribution in [2.45, 2.75) is 44.1 Å². The summed E-state index contributed by atoms with van der Waals surface area (Å²) in [7, 11) is 1.85. The summed E-state index contributed by atoms with van der Waals surface area (Å²) in [5.74, 6) is -2.20. The van der Waals surface area contributed by atoms with Gasteiger partial charge in [0.25, 0.3) is 0 Å². The van der Waals surface area contributed by atoms with Crippen LogP contribution >= 0.6 is 0 Å². The fourth-order valence-electron chi connectivity index (χ4n) is 5.27. The average molecular weight is 529 g/mol. The largest absolute Gasteiger partial charge is 0.481 e. The van der Waals surface area contributed by atoms with E-state index in [2.05, 4.69) is 22.8 Å². The van der Waals surface area contributed by atoms with Crippen molar-refractivity contribution < 1.29 is 24.2 Å². The maximum Gasteiger partial charge on any atom is 0.407 e. The lowest BCUT2D eigenvalue weighted by Gasteiger charge is -2.21. The molecule has 204 valence electrons. The van der Waals surface area contributed by atoms with E-state index in [1.807, 2.05) is 73.8 Å². The molecule has 0 bridgehead atoms. The molecule has 7 nitrogen and oxygen atoms in total. The van der Waals surface area contributed by atoms with Crippen LogP contribution in [0.3, 0.4) is 0 Å². The van der Waals surface area contributed by atoms with E-state index in [4.69, 9.17) is 4.74 Å². The number of carbonyl (C=O) groups is 3. The molecule has 1 aliphatic carbocycles. The molecule has 0 spiro atoms. The number of ketones is 1. The molecule has 0 aliphatic heterocycles. The van der Waals surface area contributed by atoms with Crippen LogP contribution in [0.25, 0.3) is 11.1 Å². The van der Waals surface area contributed by atoms with E-state index < -0.39 is 24.0 Å². The van der Waals surface area contributed by atoms with Crippen molar-refractivity contribution in [1.82, 2.24) is 10.6 Å². The molecule has 39 heavy (non-hydrogen) atoms. The normalized spacial score (nSPS) is 13.7. The molecule has 3 aromatic carbocycles. The van der Waals surface area contributed by atoms with Crippen molar-refractivity contribution in [3.05, 3.63) is 95.6 Å². The summed E-state index contributed by atoms with van der Waals surface area (Å²) < 4.78 is 5.68. The molecule has 0 aromatic heterocycles. The summed E-state index contributed by atoms with van der Waals surface area (Å²) in [6.07, 6.45) is 1.37. The lowest BCUT2D eigenvalue weighted by molar-refractivity contribution is -0.144. The van der Waals surface area contributed by atoms with Crippen LogP contribution in [-0.2, 0) is 20.7 Å². The van der Waals surface area contributed by atoms with E-state index in [1.165, 1.54) is 0 Å². The number of unbranched alkanes of at least 4 members (excludes halogenated alkanes) is 1. The Morgan fingerprint density at radius 1 is 0.872 bits per heavy atom. The number of carboxylic acids is 1. The Labute approximate surface area is 229 Å². The van der Waals surface area contributed by atoms with Crippen molar-refractivity contribution in [1.29, 1.82) is 0 Å². The van der Waals surface area contributed by atoms with Crippen molar-refractivity contribution in [3.63, 3.8) is 0 Å². The van der Waals surface area contributed by atoms with Crippen LogP contribution in [0, 0.1) is 5.92 Å². The van der Waals surface area contributed by atoms with Gasteiger partial charge in [-0.15, -0.1) is 0 Å². The maximum absolute atomic E-state index is 13.3. The number of hydrogen-bond donors (Lipinski definition) is 3. The molecule has 3 aromatic rings. The van der Waals surface area contributed by atoms with Crippen molar-refractivity contribution in [2.24, 2.45) is 5.92 Å². The number of fused-ring (bicyclic) bond motifs is 3. The lowest BCUT2D eigenvalue weighted by atomic mass is 9.91. The van der Waals surface area contributed by atoms with Gasteiger partial charge in [0.15, 0.2) is 5.78 Å². The number of Topliss-reactive ketones (excluding diaryl/α,β-unsaturated/α-hetero) is 1. The Morgan fingerprint density at radius 3 is 2.10 bits per heavy atom. The van der Waals surface area contributed by atoms with Gasteiger partial charge in [0, 0.05) is 12.3 Å². The second kappa shape index (κ2) is 13.7. The lowest BCUT2D eigenvalue weighted by Crippen LogP contribution is -2.44. The van der Waals surface area contributed by atoms with Crippen LogP contribution in [0.4, 0.5) is 4.79 Å². The molecule has 7 heteroatoms. The minimum absolute atomic E-state index is 0.0968. The number of aliphatic carboxylic acids is 1. The van der Waals surface area contributed by atoms with E-state index in [-0.39, 0.29) is 31.1 Å². The van der Waals surface area contributed by atoms with Crippen LogP contribution < -0.4 is 10.6 Å². The fraction of sp³-hybridized carbons (Fsp3) is 0.344. The monoisotopic (exact) mass is 528 g/mol. The van der Waals surface area contributed by atoms with Gasteiger partial charge in [-0.05, 0) is 60.7 Å². The highest BCUT2D eigenvalue weighted by Gasteiger charge is 2.31. The first-order valence-electron chi connectivity index (χ1n) is 13.5. The Morgan fingerprint density at radius 2 is 1.49 bits per heavy atom. The zero-order valence-electron chi connectivity index (χ0n) is 22.3. The van der Waals surface area contributed by atoms with Crippen LogP contribution in [0.2, 0.25) is 0 Å². The van der Waals surface area contributed by atoms with Gasteiger partial charge in [0.2, 0.25) is 0 Å². The average Bonchev–Trinajstić information content (AvgIpc) is 3.27. The van der Waals surface area contributed by atoms with Crippen LogP contribution in [0.5, 0.6) is 0 Å². The first-order valence-corrected chi connectivity index (χ1v) is 13.5. The second-order valence-corrected chi connectivity index (χ2v) is 10.0. The van der Waals surface area contributed by atoms with Crippen molar-refractivity contribution >= 4 is 17.8 Å². The maximum atomic E-state index is 13.3. The summed E-state index contributed by atoms with van der Waals surface area (Å²) in [6.45, 7) is 0.926. The van der Waals surface area contributed by atoms with Crippen molar-refractivity contribution in [3.8, 4) is 11.1 Å². The molecule has 0 saturated carbocycles. The third-order valence-electron chi connectivity index (χ3n) is 7.33. The van der Waals surface area contributed by atoms with E-state index in [9.17, 15) is 19.5 Å². The summed E-state index contributed by atoms with van der Waals surface area (Å²) in [5.41, 5.74) is 5.34. The highest BCUT2D eigenvalue weighted by Crippen LogP contribution is 2.44. The van der Waals surface area contributed by atoms with Gasteiger partial charge in [-0.3, -0.25) is 9.59 Å². The van der Waals surface area contributed by atoms with Crippen LogP contribution in [0.15, 0.2) is 78.9 Å². The SMILES string of the molecule is CNCCCC[C@H](CC(=O)[C@H](Cc1ccccc1)NC(=O)OCC1c2ccccc2-c2ccccc21)C(=O)O. The molecule has 0 radical (unpaired) electrons. The molecule has 1 aliphatic rings. The quantitative estimate of drug-likeness (QED) is 0.249. The molecular weight excluding hydrogens is 492 g/mol. The topological polar surface area (TPSA) is 105 Å². The van der Waals surface area contributed by atoms with Gasteiger partial charge in [-0.25, -0.2) is 4.79 Å². The molecule has 3 N–H and O–H groups in total. The third-order valence-corrected chi connectivity index (χ3v) is 7.33. The molecule has 1 amide bonds. The van der Waals surface area contributed by atoms with E-state index in [0.29, 0.717) is 12.8 Å². The van der Waals surface area contributed by atoms with Gasteiger partial charge in [-0.1, -0.05) is 85.3 Å². The number of benzene rings is 3. The zero-order chi connectivity index (χ0) is 27.6. The second-order valence-electron chi connectivity index (χ2n) is 10.0. The van der Waals surface area contributed by atoms with E-state index >= 15 is 0 Å². The van der Waals surface area contributed by atoms with Crippen LogP contribution in [-0.4, -0.2) is 49.2 Å². The summed E-state index contributed by atoms with van der Waals surface area (Å²) in [4.78, 5) is 38.2. The summed E-state index contributed by atoms with van der Waals surface area (Å²) >= 11 is 0. The predicted octanol–water partition coefficient (Wildman–Crippen LogP) is 5.19. The molecule has 0 saturated heterocycles. The number of amides is 1. The number of alkyl carbamates (subject to hydrolysis) is 1. The highest BCUT2D eigenvalue weighted by atomic mass is 16.5. The van der Waals surface area contributed by atoms with Crippen LogP contribution in [0.1, 0.15) is 48.3 Å². The Balaban J connectivity index is 1.43. The summed E-state index contributed by atoms with van der Waals surface area (Å²) in [6, 6.07) is 24.7. The summed E-state index contributed by atoms with van der Waals surface area (Å²) in [5, 5.41) is 15.5. The number of carboxylic acid groups (broad SMARTS) is 1. The highest BCUT2D eigenvalue weighted by molar-refractivity contribution is 5.90. The number of hydrogen-bond acceptors (Lipinski definition) is 5. The first-order chi connectivity index (χ1) is 19.0. The Hall–Kier alpha value is -3.97. The number of carbonyl (C=O) groups excluding carboxylic acids is 2. The molecule has 0 unspecified atom stereocenters. The number of rotatable bonds is 14. The number of ether oxygens (including phenoxy) is 1. The van der Waals surface area contributed by atoms with Gasteiger partial charge < -0.3 is 20.5 Å². The first kappa shape index (κ1) is 28.0. The minimum atomic E-state index is -0.993. The molecule has 2 atom stereocenters.